The van der Waals surface area contributed by atoms with Crippen molar-refractivity contribution in [3.05, 3.63) is 54.6 Å². The Morgan fingerprint density at radius 3 is 2.19 bits per heavy atom. The van der Waals surface area contributed by atoms with E-state index < -0.39 is 7.25 Å². The fourth-order valence-corrected chi connectivity index (χ4v) is 2.89. The van der Waals surface area contributed by atoms with Crippen molar-refractivity contribution in [1.29, 1.82) is 0 Å². The maximum Gasteiger partial charge on any atom is 0.673 e. The molecular weight excluding hydrogens is 343 g/mol. The molecule has 0 amide bonds. The van der Waals surface area contributed by atoms with Gasteiger partial charge in [-0.1, -0.05) is 69.4 Å². The highest BCUT2D eigenvalue weighted by Gasteiger charge is 2.20. The summed E-state index contributed by atoms with van der Waals surface area (Å²) in [4.78, 5) is 4.22. The average Bonchev–Trinajstić information content (AvgIpc) is 3.11. The van der Waals surface area contributed by atoms with Crippen LogP contribution < -0.4 is 0 Å². The molecule has 0 bridgehead atoms. The lowest BCUT2D eigenvalue weighted by Gasteiger charge is -2.18. The van der Waals surface area contributed by atoms with Crippen LogP contribution >= 0.6 is 0 Å². The van der Waals surface area contributed by atoms with Gasteiger partial charge >= 0.3 is 7.25 Å². The van der Waals surface area contributed by atoms with E-state index in [0.717, 1.165) is 6.42 Å². The van der Waals surface area contributed by atoms with Gasteiger partial charge in [-0.25, -0.2) is 4.98 Å². The SMILES string of the molecule is CCCCCCCC(CCc1ccccc1)n1ccnc1.F[B-](F)(F)F. The molecule has 0 aliphatic heterocycles. The molecule has 2 rings (SSSR count). The molecule has 26 heavy (non-hydrogen) atoms. The van der Waals surface area contributed by atoms with Crippen molar-refractivity contribution in [2.45, 2.75) is 64.3 Å². The van der Waals surface area contributed by atoms with E-state index >= 15 is 0 Å². The normalized spacial score (nSPS) is 12.3. The Kier molecular flexibility index (Phi) is 10.7. The third-order valence-electron chi connectivity index (χ3n) is 4.20. The maximum absolute atomic E-state index is 9.75. The van der Waals surface area contributed by atoms with E-state index in [2.05, 4.69) is 53.0 Å². The van der Waals surface area contributed by atoms with Crippen molar-refractivity contribution in [3.8, 4) is 0 Å². The summed E-state index contributed by atoms with van der Waals surface area (Å²) in [5, 5.41) is 0. The van der Waals surface area contributed by atoms with Crippen LogP contribution in [0.5, 0.6) is 0 Å². The fraction of sp³-hybridized carbons (Fsp3) is 0.526. The fourth-order valence-electron chi connectivity index (χ4n) is 2.89. The van der Waals surface area contributed by atoms with Gasteiger partial charge in [0.25, 0.3) is 0 Å². The molecule has 0 aliphatic carbocycles. The number of nitrogens with zero attached hydrogens (tertiary/aromatic N) is 2. The molecule has 0 saturated heterocycles. The molecule has 1 unspecified atom stereocenters. The summed E-state index contributed by atoms with van der Waals surface area (Å²) in [6.07, 6.45) is 16.4. The number of unbranched alkanes of at least 4 members (excludes halogenated alkanes) is 4. The number of halogens is 4. The predicted molar refractivity (Wildman–Crippen MR) is 99.6 cm³/mol. The van der Waals surface area contributed by atoms with Crippen LogP contribution in [0, 0.1) is 0 Å². The molecule has 0 radical (unpaired) electrons. The minimum Gasteiger partial charge on any atom is -0.418 e. The van der Waals surface area contributed by atoms with E-state index in [-0.39, 0.29) is 0 Å². The summed E-state index contributed by atoms with van der Waals surface area (Å²) >= 11 is 0. The van der Waals surface area contributed by atoms with E-state index in [9.17, 15) is 17.3 Å². The molecule has 2 nitrogen and oxygen atoms in total. The number of aromatic nitrogens is 2. The second-order valence-corrected chi connectivity index (χ2v) is 6.39. The average molecular weight is 371 g/mol. The van der Waals surface area contributed by atoms with E-state index in [1.807, 2.05) is 12.5 Å². The standard InChI is InChI=1S/C19H28N2.BF4/c1-2-3-4-5-9-12-19(21-16-15-20-17-21)14-13-18-10-7-6-8-11-18;2-1(3,4)5/h6-8,10-11,15-17,19H,2-5,9,12-14H2,1H3;/q;-1. The number of imidazole rings is 1. The minimum atomic E-state index is -6.00. The second-order valence-electron chi connectivity index (χ2n) is 6.39. The van der Waals surface area contributed by atoms with Crippen LogP contribution in [0.4, 0.5) is 17.3 Å². The molecule has 1 atom stereocenters. The first kappa shape index (κ1) is 22.3. The molecule has 2 aromatic rings. The van der Waals surface area contributed by atoms with Crippen molar-refractivity contribution in [2.75, 3.05) is 0 Å². The molecule has 0 aliphatic rings. The Morgan fingerprint density at radius 1 is 0.962 bits per heavy atom. The number of hydrogen-bond donors (Lipinski definition) is 0. The quantitative estimate of drug-likeness (QED) is 0.258. The van der Waals surface area contributed by atoms with Gasteiger partial charge in [-0.3, -0.25) is 0 Å². The van der Waals surface area contributed by atoms with Crippen LogP contribution in [0.2, 0.25) is 0 Å². The Bertz CT molecular complexity index is 553. The molecule has 0 saturated carbocycles. The Balaban J connectivity index is 0.000000597. The van der Waals surface area contributed by atoms with E-state index in [1.54, 1.807) is 0 Å². The van der Waals surface area contributed by atoms with E-state index in [1.165, 1.54) is 50.5 Å². The van der Waals surface area contributed by atoms with Crippen LogP contribution in [0.25, 0.3) is 0 Å². The van der Waals surface area contributed by atoms with Crippen molar-refractivity contribution in [2.24, 2.45) is 0 Å². The maximum atomic E-state index is 9.75. The Morgan fingerprint density at radius 2 is 1.62 bits per heavy atom. The van der Waals surface area contributed by atoms with Gasteiger partial charge in [-0.15, -0.1) is 0 Å². The third kappa shape index (κ3) is 11.7. The zero-order valence-corrected chi connectivity index (χ0v) is 15.3. The summed E-state index contributed by atoms with van der Waals surface area (Å²) < 4.78 is 41.3. The lowest BCUT2D eigenvalue weighted by molar-refractivity contribution is 0.368. The molecule has 1 heterocycles. The molecule has 146 valence electrons. The van der Waals surface area contributed by atoms with Crippen LogP contribution in [-0.4, -0.2) is 16.8 Å². The van der Waals surface area contributed by atoms with Gasteiger partial charge in [0, 0.05) is 18.4 Å². The highest BCUT2D eigenvalue weighted by Crippen LogP contribution is 2.22. The number of rotatable bonds is 10. The molecular formula is C19H28BF4N2-. The number of benzene rings is 1. The summed E-state index contributed by atoms with van der Waals surface area (Å²) in [6.45, 7) is 2.27. The van der Waals surface area contributed by atoms with Crippen LogP contribution in [0.3, 0.4) is 0 Å². The van der Waals surface area contributed by atoms with Gasteiger partial charge in [0.05, 0.1) is 6.33 Å². The predicted octanol–water partition coefficient (Wildman–Crippen LogP) is 6.72. The van der Waals surface area contributed by atoms with Gasteiger partial charge in [0.2, 0.25) is 0 Å². The first-order valence-electron chi connectivity index (χ1n) is 9.29. The lowest BCUT2D eigenvalue weighted by atomic mass is 9.99. The molecule has 0 fully saturated rings. The number of hydrogen-bond acceptors (Lipinski definition) is 1. The van der Waals surface area contributed by atoms with Gasteiger partial charge in [-0.05, 0) is 24.8 Å². The van der Waals surface area contributed by atoms with Crippen LogP contribution in [-0.2, 0) is 6.42 Å². The largest absolute Gasteiger partial charge is 0.673 e. The van der Waals surface area contributed by atoms with E-state index in [4.69, 9.17) is 0 Å². The Labute approximate surface area is 153 Å². The van der Waals surface area contributed by atoms with Crippen LogP contribution in [0.1, 0.15) is 63.5 Å². The summed E-state index contributed by atoms with van der Waals surface area (Å²) in [5.74, 6) is 0. The summed E-state index contributed by atoms with van der Waals surface area (Å²) in [6, 6.07) is 11.4. The highest BCUT2D eigenvalue weighted by molar-refractivity contribution is 6.50. The van der Waals surface area contributed by atoms with Gasteiger partial charge in [0.1, 0.15) is 0 Å². The first-order chi connectivity index (χ1) is 12.4. The molecule has 1 aromatic carbocycles. The minimum absolute atomic E-state index is 0.592. The Hall–Kier alpha value is -1.79. The van der Waals surface area contributed by atoms with E-state index in [0.29, 0.717) is 6.04 Å². The summed E-state index contributed by atoms with van der Waals surface area (Å²) in [5.41, 5.74) is 1.44. The monoisotopic (exact) mass is 371 g/mol. The molecule has 0 N–H and O–H groups in total. The summed E-state index contributed by atoms with van der Waals surface area (Å²) in [7, 11) is -6.00. The van der Waals surface area contributed by atoms with Gasteiger partial charge in [-0.2, -0.15) is 0 Å². The highest BCUT2D eigenvalue weighted by atomic mass is 19.5. The van der Waals surface area contributed by atoms with Crippen molar-refractivity contribution in [1.82, 2.24) is 9.55 Å². The van der Waals surface area contributed by atoms with Crippen LogP contribution in [0.15, 0.2) is 49.1 Å². The first-order valence-corrected chi connectivity index (χ1v) is 9.29. The van der Waals surface area contributed by atoms with Gasteiger partial charge < -0.3 is 21.8 Å². The van der Waals surface area contributed by atoms with Crippen molar-refractivity contribution < 1.29 is 17.3 Å². The molecule has 7 heteroatoms. The zero-order chi connectivity index (χ0) is 19.3. The third-order valence-corrected chi connectivity index (χ3v) is 4.20. The lowest BCUT2D eigenvalue weighted by Crippen LogP contribution is -2.08. The van der Waals surface area contributed by atoms with Gasteiger partial charge in [0.15, 0.2) is 0 Å². The smallest absolute Gasteiger partial charge is 0.418 e. The topological polar surface area (TPSA) is 17.8 Å². The number of aryl methyl sites for hydroxylation is 1. The van der Waals surface area contributed by atoms with Crippen molar-refractivity contribution >= 4 is 7.25 Å². The second kappa shape index (κ2) is 12.5. The van der Waals surface area contributed by atoms with Crippen molar-refractivity contribution in [3.63, 3.8) is 0 Å². The zero-order valence-electron chi connectivity index (χ0n) is 15.3. The molecule has 0 spiro atoms. The molecule has 1 aromatic heterocycles.